The molecule has 1 N–H and O–H groups in total. The molecule has 0 saturated carbocycles. The van der Waals surface area contributed by atoms with E-state index in [4.69, 9.17) is 0 Å². The number of carbonyl (C=O) groups is 1. The number of hydrogen-bond donors (Lipinski definition) is 1. The Morgan fingerprint density at radius 3 is 2.75 bits per heavy atom. The Balaban J connectivity index is 1.99. The molecule has 0 aromatic carbocycles. The Kier molecular flexibility index (Phi) is 4.39. The lowest BCUT2D eigenvalue weighted by molar-refractivity contribution is 0.0946. The molecular weight excluding hydrogens is 250 g/mol. The van der Waals surface area contributed by atoms with Gasteiger partial charge < -0.3 is 5.32 Å². The van der Waals surface area contributed by atoms with Gasteiger partial charge in [-0.3, -0.25) is 14.8 Å². The number of hydrogen-bond acceptors (Lipinski definition) is 3. The molecule has 0 aliphatic heterocycles. The molecule has 0 fully saturated rings. The average molecular weight is 265 g/mol. The van der Waals surface area contributed by atoms with Gasteiger partial charge in [0.25, 0.3) is 5.91 Å². The van der Waals surface area contributed by atoms with Gasteiger partial charge in [-0.25, -0.2) is 0 Å². The lowest BCUT2D eigenvalue weighted by Crippen LogP contribution is -2.23. The Morgan fingerprint density at radius 2 is 2.15 bits per heavy atom. The molecule has 100 valence electrons. The van der Waals surface area contributed by atoms with Crippen molar-refractivity contribution in [2.45, 2.75) is 6.54 Å². The molecule has 0 saturated heterocycles. The van der Waals surface area contributed by atoms with E-state index in [-0.39, 0.29) is 5.91 Å². The van der Waals surface area contributed by atoms with Crippen LogP contribution < -0.4 is 5.32 Å². The van der Waals surface area contributed by atoms with Gasteiger partial charge in [0.05, 0.1) is 0 Å². The molecule has 2 aromatic rings. The van der Waals surface area contributed by atoms with Crippen LogP contribution in [0.3, 0.4) is 0 Å². The number of aromatic nitrogens is 2. The monoisotopic (exact) mass is 265 g/mol. The summed E-state index contributed by atoms with van der Waals surface area (Å²) >= 11 is 0. The number of rotatable bonds is 5. The molecule has 0 unspecified atom stereocenters. The summed E-state index contributed by atoms with van der Waals surface area (Å²) in [4.78, 5) is 20.0. The van der Waals surface area contributed by atoms with Gasteiger partial charge in [0, 0.05) is 25.1 Å². The van der Waals surface area contributed by atoms with Gasteiger partial charge in [0.15, 0.2) is 0 Å². The fourth-order valence-corrected chi connectivity index (χ4v) is 1.61. The van der Waals surface area contributed by atoms with Crippen LogP contribution in [0.25, 0.3) is 5.57 Å². The average Bonchev–Trinajstić information content (AvgIpc) is 2.53. The second-order valence-electron chi connectivity index (χ2n) is 4.21. The fraction of sp³-hybridized carbons (Fsp3) is 0.0625. The van der Waals surface area contributed by atoms with Crippen LogP contribution in [0.15, 0.2) is 62.1 Å². The summed E-state index contributed by atoms with van der Waals surface area (Å²) in [7, 11) is 0. The first-order chi connectivity index (χ1) is 9.70. The van der Waals surface area contributed by atoms with Crippen LogP contribution in [0, 0.1) is 0 Å². The van der Waals surface area contributed by atoms with Crippen molar-refractivity contribution in [1.29, 1.82) is 0 Å². The molecule has 2 rings (SSSR count). The molecule has 0 spiro atoms. The van der Waals surface area contributed by atoms with Crippen LogP contribution in [-0.2, 0) is 6.54 Å². The van der Waals surface area contributed by atoms with E-state index in [0.717, 1.165) is 16.7 Å². The van der Waals surface area contributed by atoms with E-state index >= 15 is 0 Å². The summed E-state index contributed by atoms with van der Waals surface area (Å²) in [5.41, 5.74) is 2.94. The Labute approximate surface area is 117 Å². The summed E-state index contributed by atoms with van der Waals surface area (Å²) in [5, 5.41) is 2.79. The molecule has 0 bridgehead atoms. The third kappa shape index (κ3) is 3.38. The van der Waals surface area contributed by atoms with Crippen molar-refractivity contribution < 1.29 is 4.79 Å². The highest BCUT2D eigenvalue weighted by Crippen LogP contribution is 2.11. The maximum atomic E-state index is 11.9. The van der Waals surface area contributed by atoms with Gasteiger partial charge in [0.2, 0.25) is 0 Å². The highest BCUT2D eigenvalue weighted by atomic mass is 16.1. The maximum absolute atomic E-state index is 11.9. The number of allylic oxidation sites excluding steroid dienone is 2. The van der Waals surface area contributed by atoms with E-state index in [2.05, 4.69) is 28.4 Å². The predicted octanol–water partition coefficient (Wildman–Crippen LogP) is 2.61. The predicted molar refractivity (Wildman–Crippen MR) is 78.9 cm³/mol. The summed E-state index contributed by atoms with van der Waals surface area (Å²) in [6.07, 6.45) is 6.67. The first kappa shape index (κ1) is 13.7. The van der Waals surface area contributed by atoms with Crippen LogP contribution in [0.1, 0.15) is 21.6 Å². The van der Waals surface area contributed by atoms with Crippen molar-refractivity contribution >= 4 is 11.5 Å². The molecule has 0 atom stereocenters. The van der Waals surface area contributed by atoms with Gasteiger partial charge in [-0.05, 0) is 28.8 Å². The quantitative estimate of drug-likeness (QED) is 0.845. The Bertz CT molecular complexity index is 618. The zero-order valence-electron chi connectivity index (χ0n) is 11.0. The number of nitrogens with one attached hydrogen (secondary N) is 1. The van der Waals surface area contributed by atoms with Crippen molar-refractivity contribution in [3.63, 3.8) is 0 Å². The maximum Gasteiger partial charge on any atom is 0.270 e. The van der Waals surface area contributed by atoms with Gasteiger partial charge in [-0.2, -0.15) is 0 Å². The fourth-order valence-electron chi connectivity index (χ4n) is 1.61. The first-order valence-electron chi connectivity index (χ1n) is 6.15. The van der Waals surface area contributed by atoms with Crippen LogP contribution >= 0.6 is 0 Å². The molecule has 2 aromatic heterocycles. The SMILES string of the molecule is C=CC(=C)c1ccc(C(=O)NCc2cccnc2)nc1. The highest BCUT2D eigenvalue weighted by Gasteiger charge is 2.07. The number of pyridine rings is 2. The molecule has 0 aliphatic rings. The van der Waals surface area contributed by atoms with Gasteiger partial charge in [-0.1, -0.05) is 31.4 Å². The molecule has 1 amide bonds. The zero-order valence-corrected chi connectivity index (χ0v) is 11.0. The van der Waals surface area contributed by atoms with Crippen LogP contribution in [0.4, 0.5) is 0 Å². The molecule has 20 heavy (non-hydrogen) atoms. The first-order valence-corrected chi connectivity index (χ1v) is 6.15. The van der Waals surface area contributed by atoms with Gasteiger partial charge in [0.1, 0.15) is 5.69 Å². The molecule has 0 aliphatic carbocycles. The van der Waals surface area contributed by atoms with E-state index in [9.17, 15) is 4.79 Å². The smallest absolute Gasteiger partial charge is 0.270 e. The number of carbonyl (C=O) groups excluding carboxylic acids is 1. The summed E-state index contributed by atoms with van der Waals surface area (Å²) in [6.45, 7) is 7.90. The van der Waals surface area contributed by atoms with Crippen molar-refractivity contribution in [1.82, 2.24) is 15.3 Å². The van der Waals surface area contributed by atoms with Gasteiger partial charge in [-0.15, -0.1) is 0 Å². The van der Waals surface area contributed by atoms with Crippen LogP contribution in [-0.4, -0.2) is 15.9 Å². The highest BCUT2D eigenvalue weighted by molar-refractivity contribution is 5.92. The summed E-state index contributed by atoms with van der Waals surface area (Å²) < 4.78 is 0. The minimum absolute atomic E-state index is 0.218. The zero-order chi connectivity index (χ0) is 14.4. The van der Waals surface area contributed by atoms with E-state index in [0.29, 0.717) is 12.2 Å². The van der Waals surface area contributed by atoms with Crippen molar-refractivity contribution in [3.8, 4) is 0 Å². The summed E-state index contributed by atoms with van der Waals surface area (Å²) in [5.74, 6) is -0.218. The summed E-state index contributed by atoms with van der Waals surface area (Å²) in [6, 6.07) is 7.20. The van der Waals surface area contributed by atoms with Crippen molar-refractivity contribution in [3.05, 3.63) is 78.9 Å². The van der Waals surface area contributed by atoms with Crippen molar-refractivity contribution in [2.75, 3.05) is 0 Å². The van der Waals surface area contributed by atoms with E-state index < -0.39 is 0 Å². The van der Waals surface area contributed by atoms with Gasteiger partial charge >= 0.3 is 0 Å². The Morgan fingerprint density at radius 1 is 1.30 bits per heavy atom. The minimum Gasteiger partial charge on any atom is -0.347 e. The molecule has 2 heterocycles. The molecule has 0 radical (unpaired) electrons. The third-order valence-corrected chi connectivity index (χ3v) is 2.79. The Hall–Kier alpha value is -2.75. The molecule has 4 heteroatoms. The number of nitrogens with zero attached hydrogens (tertiary/aromatic N) is 2. The van der Waals surface area contributed by atoms with Crippen LogP contribution in [0.5, 0.6) is 0 Å². The minimum atomic E-state index is -0.218. The standard InChI is InChI=1S/C16H15N3O/c1-3-12(2)14-6-7-15(18-11-14)16(20)19-10-13-5-4-8-17-9-13/h3-9,11H,1-2,10H2,(H,19,20). The second kappa shape index (κ2) is 6.43. The van der Waals surface area contributed by atoms with E-state index in [1.165, 1.54) is 0 Å². The van der Waals surface area contributed by atoms with Crippen molar-refractivity contribution in [2.24, 2.45) is 0 Å². The topological polar surface area (TPSA) is 54.9 Å². The lowest BCUT2D eigenvalue weighted by Gasteiger charge is -2.05. The largest absolute Gasteiger partial charge is 0.347 e. The molecular formula is C16H15N3O. The normalized spacial score (nSPS) is 9.80. The number of amides is 1. The van der Waals surface area contributed by atoms with E-state index in [1.807, 2.05) is 12.1 Å². The third-order valence-electron chi connectivity index (χ3n) is 2.79. The second-order valence-corrected chi connectivity index (χ2v) is 4.21. The van der Waals surface area contributed by atoms with Crippen LogP contribution in [0.2, 0.25) is 0 Å². The molecule has 4 nitrogen and oxygen atoms in total. The lowest BCUT2D eigenvalue weighted by atomic mass is 10.1. The van der Waals surface area contributed by atoms with E-state index in [1.54, 1.807) is 36.8 Å².